The number of benzene rings is 1. The van der Waals surface area contributed by atoms with Gasteiger partial charge in [0.05, 0.1) is 22.2 Å². The Morgan fingerprint density at radius 3 is 2.50 bits per heavy atom. The molecule has 1 aromatic carbocycles. The molecule has 0 atom stereocenters. The van der Waals surface area contributed by atoms with E-state index in [1.54, 1.807) is 39.0 Å². The number of aliphatic hydroxyl groups is 1. The number of para-hydroxylation sites is 1. The lowest BCUT2D eigenvalue weighted by Gasteiger charge is -2.22. The van der Waals surface area contributed by atoms with Crippen LogP contribution < -0.4 is 5.32 Å². The molecule has 0 unspecified atom stereocenters. The molecule has 0 saturated carbocycles. The summed E-state index contributed by atoms with van der Waals surface area (Å²) in [7, 11) is 0. The number of halogens is 2. The number of aryl methyl sites for hydroxylation is 1. The van der Waals surface area contributed by atoms with Gasteiger partial charge in [0.15, 0.2) is 0 Å². The molecule has 0 fully saturated rings. The van der Waals surface area contributed by atoms with Gasteiger partial charge in [0.25, 0.3) is 5.91 Å². The highest BCUT2D eigenvalue weighted by molar-refractivity contribution is 6.37. The first-order chi connectivity index (χ1) is 10.2. The Morgan fingerprint density at radius 2 is 1.95 bits per heavy atom. The van der Waals surface area contributed by atoms with Crippen LogP contribution in [0.25, 0.3) is 5.69 Å². The smallest absolute Gasteiger partial charge is 0.291 e. The average molecular weight is 343 g/mol. The standard InChI is InChI=1S/C14H16Cl2N4O2/c1-8-17-12(13(22)18-14(2,3)7-21)19-20(8)11-9(15)5-4-6-10(11)16/h4-6,21H,7H2,1-3H3,(H,18,22). The highest BCUT2D eigenvalue weighted by atomic mass is 35.5. The fourth-order valence-electron chi connectivity index (χ4n) is 1.79. The monoisotopic (exact) mass is 342 g/mol. The molecule has 8 heteroatoms. The third-order valence-corrected chi connectivity index (χ3v) is 3.58. The van der Waals surface area contributed by atoms with E-state index in [9.17, 15) is 9.90 Å². The summed E-state index contributed by atoms with van der Waals surface area (Å²) in [5.74, 6) is -0.0268. The lowest BCUT2D eigenvalue weighted by molar-refractivity contribution is 0.0858. The maximum absolute atomic E-state index is 12.2. The first kappa shape index (κ1) is 16.7. The molecule has 0 aliphatic carbocycles. The number of hydrogen-bond donors (Lipinski definition) is 2. The lowest BCUT2D eigenvalue weighted by atomic mass is 10.1. The van der Waals surface area contributed by atoms with Crippen molar-refractivity contribution in [3.05, 3.63) is 39.9 Å². The number of nitrogens with one attached hydrogen (secondary N) is 1. The fourth-order valence-corrected chi connectivity index (χ4v) is 2.35. The van der Waals surface area contributed by atoms with Crippen molar-refractivity contribution in [3.63, 3.8) is 0 Å². The van der Waals surface area contributed by atoms with Gasteiger partial charge >= 0.3 is 0 Å². The number of amides is 1. The molecule has 6 nitrogen and oxygen atoms in total. The zero-order chi connectivity index (χ0) is 16.5. The number of aromatic nitrogens is 3. The average Bonchev–Trinajstić information content (AvgIpc) is 2.80. The van der Waals surface area contributed by atoms with Crippen LogP contribution in [0.2, 0.25) is 10.0 Å². The molecule has 0 aliphatic heterocycles. The molecule has 118 valence electrons. The van der Waals surface area contributed by atoms with Crippen LogP contribution in [0.4, 0.5) is 0 Å². The molecule has 0 saturated heterocycles. The van der Waals surface area contributed by atoms with E-state index in [1.165, 1.54) is 4.68 Å². The molecule has 0 bridgehead atoms. The van der Waals surface area contributed by atoms with E-state index in [2.05, 4.69) is 15.4 Å². The quantitative estimate of drug-likeness (QED) is 0.893. The minimum Gasteiger partial charge on any atom is -0.394 e. The van der Waals surface area contributed by atoms with Crippen molar-refractivity contribution < 1.29 is 9.90 Å². The summed E-state index contributed by atoms with van der Waals surface area (Å²) in [6, 6.07) is 5.08. The molecular formula is C14H16Cl2N4O2. The van der Waals surface area contributed by atoms with Crippen LogP contribution >= 0.6 is 23.2 Å². The van der Waals surface area contributed by atoms with Crippen molar-refractivity contribution in [2.45, 2.75) is 26.3 Å². The topological polar surface area (TPSA) is 80.0 Å². The molecule has 2 N–H and O–H groups in total. The Bertz CT molecular complexity index is 693. The van der Waals surface area contributed by atoms with Gasteiger partial charge < -0.3 is 10.4 Å². The highest BCUT2D eigenvalue weighted by Crippen LogP contribution is 2.28. The van der Waals surface area contributed by atoms with E-state index in [1.807, 2.05) is 0 Å². The molecular weight excluding hydrogens is 327 g/mol. The summed E-state index contributed by atoms with van der Waals surface area (Å²) in [5.41, 5.74) is -0.297. The van der Waals surface area contributed by atoms with Gasteiger partial charge in [-0.2, -0.15) is 0 Å². The van der Waals surface area contributed by atoms with Crippen LogP contribution in [0.15, 0.2) is 18.2 Å². The number of carbonyl (C=O) groups excluding carboxylic acids is 1. The minimum atomic E-state index is -0.765. The fraction of sp³-hybridized carbons (Fsp3) is 0.357. The second-order valence-corrected chi connectivity index (χ2v) is 6.28. The summed E-state index contributed by atoms with van der Waals surface area (Å²) in [6.45, 7) is 4.88. The SMILES string of the molecule is Cc1nc(C(=O)NC(C)(C)CO)nn1-c1c(Cl)cccc1Cl. The van der Waals surface area contributed by atoms with Crippen molar-refractivity contribution >= 4 is 29.1 Å². The molecule has 1 heterocycles. The second kappa shape index (κ2) is 6.24. The summed E-state index contributed by atoms with van der Waals surface area (Å²) >= 11 is 12.3. The Balaban J connectivity index is 2.39. The Hall–Kier alpha value is -1.63. The third-order valence-electron chi connectivity index (χ3n) is 2.97. The Kier molecular flexibility index (Phi) is 4.75. The molecule has 0 spiro atoms. The first-order valence-corrected chi connectivity index (χ1v) is 7.32. The van der Waals surface area contributed by atoms with Gasteiger partial charge in [-0.15, -0.1) is 5.10 Å². The number of carbonyl (C=O) groups is 1. The van der Waals surface area contributed by atoms with Crippen LogP contribution in [0.3, 0.4) is 0 Å². The Labute approximate surface area is 138 Å². The van der Waals surface area contributed by atoms with E-state index in [0.29, 0.717) is 21.6 Å². The van der Waals surface area contributed by atoms with E-state index >= 15 is 0 Å². The molecule has 0 aliphatic rings. The Morgan fingerprint density at radius 1 is 1.36 bits per heavy atom. The molecule has 1 amide bonds. The maximum Gasteiger partial charge on any atom is 0.291 e. The summed E-state index contributed by atoms with van der Waals surface area (Å²) in [5, 5.41) is 16.8. The summed E-state index contributed by atoms with van der Waals surface area (Å²) in [4.78, 5) is 16.3. The number of nitrogens with zero attached hydrogens (tertiary/aromatic N) is 3. The van der Waals surface area contributed by atoms with Crippen LogP contribution in [0.1, 0.15) is 30.3 Å². The van der Waals surface area contributed by atoms with Crippen LogP contribution in [-0.4, -0.2) is 37.9 Å². The van der Waals surface area contributed by atoms with E-state index < -0.39 is 11.4 Å². The van der Waals surface area contributed by atoms with Crippen LogP contribution in [0, 0.1) is 6.92 Å². The van der Waals surface area contributed by atoms with Gasteiger partial charge in [-0.05, 0) is 32.9 Å². The summed E-state index contributed by atoms with van der Waals surface area (Å²) in [6.07, 6.45) is 0. The van der Waals surface area contributed by atoms with Crippen molar-refractivity contribution in [2.24, 2.45) is 0 Å². The molecule has 2 rings (SSSR count). The normalized spacial score (nSPS) is 11.5. The predicted octanol–water partition coefficient (Wildman–Crippen LogP) is 2.38. The largest absolute Gasteiger partial charge is 0.394 e. The van der Waals surface area contributed by atoms with Gasteiger partial charge in [-0.1, -0.05) is 29.3 Å². The van der Waals surface area contributed by atoms with Crippen molar-refractivity contribution in [2.75, 3.05) is 6.61 Å². The van der Waals surface area contributed by atoms with E-state index in [0.717, 1.165) is 0 Å². The van der Waals surface area contributed by atoms with Crippen molar-refractivity contribution in [3.8, 4) is 5.69 Å². The van der Waals surface area contributed by atoms with Crippen LogP contribution in [0.5, 0.6) is 0 Å². The molecule has 22 heavy (non-hydrogen) atoms. The second-order valence-electron chi connectivity index (χ2n) is 5.46. The van der Waals surface area contributed by atoms with Gasteiger partial charge in [0.1, 0.15) is 11.5 Å². The number of rotatable bonds is 4. The van der Waals surface area contributed by atoms with Gasteiger partial charge in [0, 0.05) is 0 Å². The predicted molar refractivity (Wildman–Crippen MR) is 84.7 cm³/mol. The molecule has 0 radical (unpaired) electrons. The minimum absolute atomic E-state index is 0.0185. The molecule has 2 aromatic rings. The van der Waals surface area contributed by atoms with Crippen LogP contribution in [-0.2, 0) is 0 Å². The van der Waals surface area contributed by atoms with Gasteiger partial charge in [0.2, 0.25) is 5.82 Å². The third kappa shape index (κ3) is 3.40. The van der Waals surface area contributed by atoms with Gasteiger partial charge in [-0.3, -0.25) is 4.79 Å². The summed E-state index contributed by atoms with van der Waals surface area (Å²) < 4.78 is 1.42. The van der Waals surface area contributed by atoms with Crippen molar-refractivity contribution in [1.29, 1.82) is 0 Å². The van der Waals surface area contributed by atoms with E-state index in [4.69, 9.17) is 23.2 Å². The highest BCUT2D eigenvalue weighted by Gasteiger charge is 2.24. The number of hydrogen-bond acceptors (Lipinski definition) is 4. The molecule has 1 aromatic heterocycles. The zero-order valence-corrected chi connectivity index (χ0v) is 13.9. The first-order valence-electron chi connectivity index (χ1n) is 6.56. The van der Waals surface area contributed by atoms with E-state index in [-0.39, 0.29) is 12.4 Å². The maximum atomic E-state index is 12.2. The van der Waals surface area contributed by atoms with Gasteiger partial charge in [-0.25, -0.2) is 9.67 Å². The van der Waals surface area contributed by atoms with Crippen molar-refractivity contribution in [1.82, 2.24) is 20.1 Å². The lowest BCUT2D eigenvalue weighted by Crippen LogP contribution is -2.46. The number of aliphatic hydroxyl groups excluding tert-OH is 1. The zero-order valence-electron chi connectivity index (χ0n) is 12.4.